The molecule has 2 amide bonds. The predicted octanol–water partition coefficient (Wildman–Crippen LogP) is 3.98. The Labute approximate surface area is 186 Å². The molecule has 8 heteroatoms. The lowest BCUT2D eigenvalue weighted by Crippen LogP contribution is -2.25. The second kappa shape index (κ2) is 11.2. The standard InChI is InChI=1S/C24H27FN4O3/c1-3-22-21(16-27-29(22)20-11-9-18(25)10-12-20)24(31)28-19-8-5-7-17(15-19)23(30)26-13-6-14-32-4-2/h5,7-12,15-16H,3-4,6,13-14H2,1-2H3,(H,26,30)(H,28,31). The zero-order chi connectivity index (χ0) is 22.9. The van der Waals surface area contributed by atoms with Crippen LogP contribution >= 0.6 is 0 Å². The Hall–Kier alpha value is -3.52. The van der Waals surface area contributed by atoms with Crippen molar-refractivity contribution in [3.63, 3.8) is 0 Å². The van der Waals surface area contributed by atoms with E-state index in [0.29, 0.717) is 54.4 Å². The van der Waals surface area contributed by atoms with Gasteiger partial charge in [-0.1, -0.05) is 13.0 Å². The Morgan fingerprint density at radius 3 is 2.59 bits per heavy atom. The molecule has 0 radical (unpaired) electrons. The van der Waals surface area contributed by atoms with Gasteiger partial charge in [0, 0.05) is 31.0 Å². The van der Waals surface area contributed by atoms with Gasteiger partial charge in [-0.2, -0.15) is 5.10 Å². The van der Waals surface area contributed by atoms with Crippen LogP contribution in [-0.4, -0.2) is 41.4 Å². The van der Waals surface area contributed by atoms with Crippen molar-refractivity contribution in [1.29, 1.82) is 0 Å². The van der Waals surface area contributed by atoms with Gasteiger partial charge in [0.1, 0.15) is 5.82 Å². The second-order valence-corrected chi connectivity index (χ2v) is 7.09. The van der Waals surface area contributed by atoms with E-state index in [-0.39, 0.29) is 17.6 Å². The maximum absolute atomic E-state index is 13.2. The molecule has 0 saturated heterocycles. The van der Waals surface area contributed by atoms with Crippen LogP contribution < -0.4 is 10.6 Å². The molecule has 3 aromatic rings. The fraction of sp³-hybridized carbons (Fsp3) is 0.292. The number of carbonyl (C=O) groups excluding carboxylic acids is 2. The van der Waals surface area contributed by atoms with Crippen LogP contribution in [0.2, 0.25) is 0 Å². The lowest BCUT2D eigenvalue weighted by molar-refractivity contribution is 0.0943. The van der Waals surface area contributed by atoms with Gasteiger partial charge in [-0.3, -0.25) is 9.59 Å². The number of amides is 2. The van der Waals surface area contributed by atoms with Gasteiger partial charge in [-0.05, 0) is 62.2 Å². The van der Waals surface area contributed by atoms with Gasteiger partial charge < -0.3 is 15.4 Å². The highest BCUT2D eigenvalue weighted by molar-refractivity contribution is 6.05. The first kappa shape index (κ1) is 23.1. The van der Waals surface area contributed by atoms with Gasteiger partial charge in [-0.15, -0.1) is 0 Å². The Kier molecular flexibility index (Phi) is 8.10. The highest BCUT2D eigenvalue weighted by Crippen LogP contribution is 2.19. The van der Waals surface area contributed by atoms with Crippen molar-refractivity contribution < 1.29 is 18.7 Å². The third-order valence-corrected chi connectivity index (χ3v) is 4.86. The van der Waals surface area contributed by atoms with Crippen molar-refractivity contribution in [2.75, 3.05) is 25.1 Å². The van der Waals surface area contributed by atoms with Gasteiger partial charge in [0.15, 0.2) is 0 Å². The third-order valence-electron chi connectivity index (χ3n) is 4.86. The van der Waals surface area contributed by atoms with Gasteiger partial charge in [-0.25, -0.2) is 9.07 Å². The Morgan fingerprint density at radius 1 is 1.09 bits per heavy atom. The summed E-state index contributed by atoms with van der Waals surface area (Å²) in [6.45, 7) is 5.61. The summed E-state index contributed by atoms with van der Waals surface area (Å²) in [7, 11) is 0. The maximum atomic E-state index is 13.2. The summed E-state index contributed by atoms with van der Waals surface area (Å²) in [4.78, 5) is 25.3. The Morgan fingerprint density at radius 2 is 1.88 bits per heavy atom. The van der Waals surface area contributed by atoms with Crippen LogP contribution in [0.5, 0.6) is 0 Å². The number of halogens is 1. The number of hydrogen-bond donors (Lipinski definition) is 2. The topological polar surface area (TPSA) is 85.2 Å². The number of nitrogens with one attached hydrogen (secondary N) is 2. The summed E-state index contributed by atoms with van der Waals surface area (Å²) in [6.07, 6.45) is 2.78. The van der Waals surface area contributed by atoms with Crippen molar-refractivity contribution in [3.05, 3.63) is 77.4 Å². The molecule has 7 nitrogen and oxygen atoms in total. The quantitative estimate of drug-likeness (QED) is 0.469. The molecular weight excluding hydrogens is 411 g/mol. The minimum absolute atomic E-state index is 0.212. The molecule has 1 aromatic heterocycles. The van der Waals surface area contributed by atoms with E-state index in [1.54, 1.807) is 41.1 Å². The molecule has 0 saturated carbocycles. The molecule has 0 aliphatic heterocycles. The van der Waals surface area contributed by atoms with Gasteiger partial charge in [0.2, 0.25) is 0 Å². The average Bonchev–Trinajstić information content (AvgIpc) is 3.24. The number of rotatable bonds is 10. The normalized spacial score (nSPS) is 10.7. The van der Waals surface area contributed by atoms with Crippen molar-refractivity contribution in [1.82, 2.24) is 15.1 Å². The Balaban J connectivity index is 1.69. The van der Waals surface area contributed by atoms with Crippen LogP contribution in [0.3, 0.4) is 0 Å². The van der Waals surface area contributed by atoms with E-state index >= 15 is 0 Å². The SMILES string of the molecule is CCOCCCNC(=O)c1cccc(NC(=O)c2cnn(-c3ccc(F)cc3)c2CC)c1. The summed E-state index contributed by atoms with van der Waals surface area (Å²) in [5.41, 5.74) is 2.76. The van der Waals surface area contributed by atoms with Crippen LogP contribution in [0, 0.1) is 5.82 Å². The van der Waals surface area contributed by atoms with E-state index in [1.807, 2.05) is 13.8 Å². The van der Waals surface area contributed by atoms with E-state index < -0.39 is 0 Å². The van der Waals surface area contributed by atoms with E-state index in [1.165, 1.54) is 18.3 Å². The molecule has 1 heterocycles. The number of ether oxygens (including phenoxy) is 1. The van der Waals surface area contributed by atoms with E-state index in [2.05, 4.69) is 15.7 Å². The summed E-state index contributed by atoms with van der Waals surface area (Å²) in [5, 5.41) is 9.99. The van der Waals surface area contributed by atoms with Gasteiger partial charge in [0.05, 0.1) is 23.1 Å². The Bertz CT molecular complexity index is 1060. The minimum atomic E-state index is -0.338. The smallest absolute Gasteiger partial charge is 0.259 e. The zero-order valence-corrected chi connectivity index (χ0v) is 18.2. The van der Waals surface area contributed by atoms with E-state index in [0.717, 1.165) is 6.42 Å². The van der Waals surface area contributed by atoms with Crippen molar-refractivity contribution in [3.8, 4) is 5.69 Å². The van der Waals surface area contributed by atoms with Gasteiger partial charge in [0.25, 0.3) is 11.8 Å². The summed E-state index contributed by atoms with van der Waals surface area (Å²) < 4.78 is 20.1. The molecule has 0 spiro atoms. The van der Waals surface area contributed by atoms with Crippen molar-refractivity contribution in [2.24, 2.45) is 0 Å². The van der Waals surface area contributed by atoms with E-state index in [4.69, 9.17) is 4.74 Å². The lowest BCUT2D eigenvalue weighted by atomic mass is 10.1. The average molecular weight is 439 g/mol. The first-order valence-corrected chi connectivity index (χ1v) is 10.6. The first-order valence-electron chi connectivity index (χ1n) is 10.6. The second-order valence-electron chi connectivity index (χ2n) is 7.09. The molecule has 32 heavy (non-hydrogen) atoms. The predicted molar refractivity (Wildman–Crippen MR) is 121 cm³/mol. The molecule has 0 atom stereocenters. The summed E-state index contributed by atoms with van der Waals surface area (Å²) in [6, 6.07) is 12.7. The largest absolute Gasteiger partial charge is 0.382 e. The molecule has 0 fully saturated rings. The molecule has 0 unspecified atom stereocenters. The number of carbonyl (C=O) groups is 2. The van der Waals surface area contributed by atoms with Gasteiger partial charge >= 0.3 is 0 Å². The molecule has 0 aliphatic carbocycles. The van der Waals surface area contributed by atoms with Crippen LogP contribution in [0.1, 0.15) is 46.7 Å². The van der Waals surface area contributed by atoms with Crippen LogP contribution in [0.15, 0.2) is 54.7 Å². The monoisotopic (exact) mass is 438 g/mol. The fourth-order valence-electron chi connectivity index (χ4n) is 3.27. The number of benzene rings is 2. The summed E-state index contributed by atoms with van der Waals surface area (Å²) in [5.74, 6) is -0.879. The number of nitrogens with zero attached hydrogens (tertiary/aromatic N) is 2. The molecule has 3 rings (SSSR count). The minimum Gasteiger partial charge on any atom is -0.382 e. The van der Waals surface area contributed by atoms with Crippen LogP contribution in [0.25, 0.3) is 5.69 Å². The first-order chi connectivity index (χ1) is 15.5. The molecule has 2 N–H and O–H groups in total. The molecule has 0 bridgehead atoms. The van der Waals surface area contributed by atoms with Crippen molar-refractivity contribution in [2.45, 2.75) is 26.7 Å². The highest BCUT2D eigenvalue weighted by Gasteiger charge is 2.18. The lowest BCUT2D eigenvalue weighted by Gasteiger charge is -2.10. The highest BCUT2D eigenvalue weighted by atomic mass is 19.1. The molecule has 0 aliphatic rings. The van der Waals surface area contributed by atoms with Crippen LogP contribution in [-0.2, 0) is 11.2 Å². The molecular formula is C24H27FN4O3. The number of anilines is 1. The zero-order valence-electron chi connectivity index (χ0n) is 18.2. The summed E-state index contributed by atoms with van der Waals surface area (Å²) >= 11 is 0. The fourth-order valence-corrected chi connectivity index (χ4v) is 3.27. The number of aromatic nitrogens is 2. The maximum Gasteiger partial charge on any atom is 0.259 e. The molecule has 2 aromatic carbocycles. The van der Waals surface area contributed by atoms with Crippen LogP contribution in [0.4, 0.5) is 10.1 Å². The van der Waals surface area contributed by atoms with E-state index in [9.17, 15) is 14.0 Å². The van der Waals surface area contributed by atoms with Crippen molar-refractivity contribution >= 4 is 17.5 Å². The third kappa shape index (κ3) is 5.79. The number of hydrogen-bond acceptors (Lipinski definition) is 4. The molecule has 168 valence electrons.